The van der Waals surface area contributed by atoms with Gasteiger partial charge in [0.2, 0.25) is 5.91 Å². The van der Waals surface area contributed by atoms with Crippen molar-refractivity contribution in [2.45, 2.75) is 25.4 Å². The number of nitrogens with zero attached hydrogens (tertiary/aromatic N) is 3. The second-order valence-electron chi connectivity index (χ2n) is 7.36. The number of carbonyl (C=O) groups excluding carboxylic acids is 1. The zero-order valence-electron chi connectivity index (χ0n) is 16.7. The van der Waals surface area contributed by atoms with E-state index in [1.165, 1.54) is 11.8 Å². The van der Waals surface area contributed by atoms with Gasteiger partial charge in [-0.05, 0) is 18.7 Å². The number of likely N-dealkylation sites (tertiary alicyclic amines) is 1. The average Bonchev–Trinajstić information content (AvgIpc) is 3.12. The zero-order valence-corrected chi connectivity index (χ0v) is 17.5. The first-order chi connectivity index (χ1) is 14.2. The summed E-state index contributed by atoms with van der Waals surface area (Å²) < 4.78 is 0. The molecule has 1 spiro atoms. The summed E-state index contributed by atoms with van der Waals surface area (Å²) in [6.45, 7) is 5.29. The van der Waals surface area contributed by atoms with Crippen LogP contribution in [0.15, 0.2) is 70.6 Å². The molecule has 1 fully saturated rings. The van der Waals surface area contributed by atoms with Crippen LogP contribution in [0.2, 0.25) is 0 Å². The zero-order chi connectivity index (χ0) is 20.1. The largest absolute Gasteiger partial charge is 0.325 e. The number of benzene rings is 2. The van der Waals surface area contributed by atoms with E-state index < -0.39 is 0 Å². The van der Waals surface area contributed by atoms with Crippen LogP contribution in [0.4, 0.5) is 5.69 Å². The number of thioether (sulfide) groups is 1. The van der Waals surface area contributed by atoms with Crippen LogP contribution in [-0.2, 0) is 4.79 Å². The van der Waals surface area contributed by atoms with E-state index in [0.717, 1.165) is 54.5 Å². The van der Waals surface area contributed by atoms with Crippen molar-refractivity contribution in [1.82, 2.24) is 4.90 Å². The number of para-hydroxylation sites is 1. The average molecular weight is 407 g/mol. The van der Waals surface area contributed by atoms with Crippen LogP contribution < -0.4 is 5.32 Å². The lowest BCUT2D eigenvalue weighted by atomic mass is 9.98. The normalized spacial score (nSPS) is 18.4. The molecule has 2 aliphatic rings. The van der Waals surface area contributed by atoms with Crippen LogP contribution in [0.25, 0.3) is 0 Å². The highest BCUT2D eigenvalue weighted by molar-refractivity contribution is 8.16. The van der Waals surface area contributed by atoms with Gasteiger partial charge in [0, 0.05) is 37.2 Å². The lowest BCUT2D eigenvalue weighted by Gasteiger charge is -2.34. The molecule has 150 valence electrons. The molecule has 0 bridgehead atoms. The Morgan fingerprint density at radius 3 is 2.34 bits per heavy atom. The molecule has 4 rings (SSSR count). The van der Waals surface area contributed by atoms with Gasteiger partial charge in [-0.25, -0.2) is 4.99 Å². The molecular weight excluding hydrogens is 380 g/mol. The Morgan fingerprint density at radius 1 is 1.03 bits per heavy atom. The molecule has 0 unspecified atom stereocenters. The minimum absolute atomic E-state index is 0.0296. The number of aliphatic imine (C=N–C) groups is 2. The van der Waals surface area contributed by atoms with Crippen LogP contribution in [0.5, 0.6) is 0 Å². The molecule has 1 saturated heterocycles. The number of carbonyl (C=O) groups is 1. The molecule has 0 radical (unpaired) electrons. The quantitative estimate of drug-likeness (QED) is 0.814. The Labute approximate surface area is 176 Å². The van der Waals surface area contributed by atoms with Gasteiger partial charge in [0.1, 0.15) is 5.04 Å². The summed E-state index contributed by atoms with van der Waals surface area (Å²) in [7, 11) is 0. The van der Waals surface area contributed by atoms with Gasteiger partial charge in [-0.3, -0.25) is 9.79 Å². The minimum Gasteiger partial charge on any atom is -0.325 e. The molecule has 1 N–H and O–H groups in total. The summed E-state index contributed by atoms with van der Waals surface area (Å²) in [5.41, 5.74) is 2.44. The van der Waals surface area contributed by atoms with Gasteiger partial charge in [-0.15, -0.1) is 0 Å². The summed E-state index contributed by atoms with van der Waals surface area (Å²) in [4.78, 5) is 25.0. The number of anilines is 1. The fraction of sp³-hybridized carbons (Fsp3) is 0.348. The van der Waals surface area contributed by atoms with Crippen molar-refractivity contribution < 1.29 is 4.79 Å². The highest BCUT2D eigenvalue weighted by Gasteiger charge is 2.39. The van der Waals surface area contributed by atoms with Crippen LogP contribution in [0.3, 0.4) is 0 Å². The van der Waals surface area contributed by atoms with Gasteiger partial charge in [-0.1, -0.05) is 67.2 Å². The van der Waals surface area contributed by atoms with Crippen LogP contribution in [0, 0.1) is 0 Å². The van der Waals surface area contributed by atoms with E-state index in [-0.39, 0.29) is 11.6 Å². The molecule has 5 nitrogen and oxygen atoms in total. The molecule has 1 amide bonds. The predicted octanol–water partition coefficient (Wildman–Crippen LogP) is 4.07. The number of rotatable bonds is 5. The second kappa shape index (κ2) is 8.93. The summed E-state index contributed by atoms with van der Waals surface area (Å²) in [5, 5.41) is 3.82. The van der Waals surface area contributed by atoms with Crippen LogP contribution >= 0.6 is 11.8 Å². The van der Waals surface area contributed by atoms with Crippen molar-refractivity contribution in [2.24, 2.45) is 9.98 Å². The Balaban J connectivity index is 1.49. The number of hydrogen-bond acceptors (Lipinski definition) is 5. The molecule has 0 atom stereocenters. The number of nitrogens with one attached hydrogen (secondary N) is 1. The van der Waals surface area contributed by atoms with Gasteiger partial charge < -0.3 is 10.2 Å². The number of amides is 1. The third kappa shape index (κ3) is 4.77. The summed E-state index contributed by atoms with van der Waals surface area (Å²) in [6.07, 6.45) is 1.86. The van der Waals surface area contributed by atoms with Crippen molar-refractivity contribution in [2.75, 3.05) is 30.7 Å². The third-order valence-electron chi connectivity index (χ3n) is 5.38. The maximum absolute atomic E-state index is 12.4. The molecule has 29 heavy (non-hydrogen) atoms. The first-order valence-electron chi connectivity index (χ1n) is 10.1. The smallest absolute Gasteiger partial charge is 0.234 e. The lowest BCUT2D eigenvalue weighted by Crippen LogP contribution is -2.41. The van der Waals surface area contributed by atoms with Gasteiger partial charge in [0.15, 0.2) is 5.66 Å². The summed E-state index contributed by atoms with van der Waals surface area (Å²) >= 11 is 1.48. The Kier molecular flexibility index (Phi) is 6.11. The van der Waals surface area contributed by atoms with Crippen LogP contribution in [0.1, 0.15) is 25.3 Å². The van der Waals surface area contributed by atoms with Crippen molar-refractivity contribution in [3.63, 3.8) is 0 Å². The fourth-order valence-corrected chi connectivity index (χ4v) is 4.59. The highest BCUT2D eigenvalue weighted by Crippen LogP contribution is 2.35. The SMILES string of the molecule is CCN1CCC2(CC1)N=C(SCC(=O)Nc1ccccc1)C(c1ccccc1)=N2. The Bertz CT molecular complexity index is 903. The highest BCUT2D eigenvalue weighted by atomic mass is 32.2. The lowest BCUT2D eigenvalue weighted by molar-refractivity contribution is -0.113. The van der Waals surface area contributed by atoms with Crippen molar-refractivity contribution >= 4 is 34.1 Å². The Hall–Kier alpha value is -2.44. The first kappa shape index (κ1) is 19.9. The molecule has 2 heterocycles. The van der Waals surface area contributed by atoms with E-state index in [0.29, 0.717) is 5.75 Å². The molecule has 6 heteroatoms. The minimum atomic E-state index is -0.366. The maximum Gasteiger partial charge on any atom is 0.234 e. The Morgan fingerprint density at radius 2 is 1.69 bits per heavy atom. The van der Waals surface area contributed by atoms with E-state index >= 15 is 0 Å². The molecule has 0 saturated carbocycles. The topological polar surface area (TPSA) is 57.1 Å². The monoisotopic (exact) mass is 406 g/mol. The molecule has 2 aromatic rings. The second-order valence-corrected chi connectivity index (χ2v) is 8.33. The standard InChI is InChI=1S/C23H26N4OS/c1-2-27-15-13-23(14-16-27)25-21(18-9-5-3-6-10-18)22(26-23)29-17-20(28)24-19-11-7-4-8-12-19/h3-12H,2,13-17H2,1H3,(H,24,28). The van der Waals surface area contributed by atoms with E-state index in [1.807, 2.05) is 48.5 Å². The van der Waals surface area contributed by atoms with E-state index in [1.54, 1.807) is 0 Å². The first-order valence-corrected chi connectivity index (χ1v) is 11.1. The number of hydrogen-bond donors (Lipinski definition) is 1. The predicted molar refractivity (Wildman–Crippen MR) is 122 cm³/mol. The molecule has 0 aromatic heterocycles. The van der Waals surface area contributed by atoms with Gasteiger partial charge in [-0.2, -0.15) is 0 Å². The molecule has 2 aromatic carbocycles. The van der Waals surface area contributed by atoms with E-state index in [9.17, 15) is 4.79 Å². The summed E-state index contributed by atoms with van der Waals surface area (Å²) in [5.74, 6) is 0.287. The maximum atomic E-state index is 12.4. The number of piperidine rings is 1. The van der Waals surface area contributed by atoms with Crippen LogP contribution in [-0.4, -0.2) is 52.6 Å². The fourth-order valence-electron chi connectivity index (χ4n) is 3.71. The van der Waals surface area contributed by atoms with E-state index in [2.05, 4.69) is 29.3 Å². The molecular formula is C23H26N4OS. The van der Waals surface area contributed by atoms with Crippen molar-refractivity contribution in [3.8, 4) is 0 Å². The van der Waals surface area contributed by atoms with E-state index in [4.69, 9.17) is 9.98 Å². The van der Waals surface area contributed by atoms with Gasteiger partial charge in [0.25, 0.3) is 0 Å². The molecule has 0 aliphatic carbocycles. The third-order valence-corrected chi connectivity index (χ3v) is 6.35. The summed E-state index contributed by atoms with van der Waals surface area (Å²) in [6, 6.07) is 19.7. The van der Waals surface area contributed by atoms with Crippen molar-refractivity contribution in [1.29, 1.82) is 0 Å². The van der Waals surface area contributed by atoms with Gasteiger partial charge >= 0.3 is 0 Å². The van der Waals surface area contributed by atoms with Crippen molar-refractivity contribution in [3.05, 3.63) is 66.2 Å². The molecule has 2 aliphatic heterocycles. The van der Waals surface area contributed by atoms with Gasteiger partial charge in [0.05, 0.1) is 11.5 Å².